The highest BCUT2D eigenvalue weighted by Gasteiger charge is 2.38. The minimum absolute atomic E-state index is 0.258. The monoisotopic (exact) mass is 339 g/mol. The lowest BCUT2D eigenvalue weighted by Gasteiger charge is -2.25. The van der Waals surface area contributed by atoms with Crippen molar-refractivity contribution in [3.63, 3.8) is 0 Å². The average molecular weight is 339 g/mol. The molecule has 2 rings (SSSR count). The second-order valence-corrected chi connectivity index (χ2v) is 8.08. The van der Waals surface area contributed by atoms with Crippen molar-refractivity contribution in [2.75, 3.05) is 13.2 Å². The Labute approximate surface area is 138 Å². The molecule has 0 bridgehead atoms. The lowest BCUT2D eigenvalue weighted by atomic mass is 10.1. The Morgan fingerprint density at radius 1 is 1.17 bits per heavy atom. The maximum Gasteiger partial charge on any atom is 0.411 e. The van der Waals surface area contributed by atoms with Crippen LogP contribution in [0, 0.1) is 6.92 Å². The van der Waals surface area contributed by atoms with Crippen LogP contribution in [0.2, 0.25) is 0 Å². The van der Waals surface area contributed by atoms with Gasteiger partial charge in [0.05, 0.1) is 11.4 Å². The Bertz CT molecular complexity index is 624. The van der Waals surface area contributed by atoms with E-state index >= 15 is 0 Å². The zero-order chi connectivity index (χ0) is 16.9. The minimum Gasteiger partial charge on any atom is -0.447 e. The number of amides is 1. The summed E-state index contributed by atoms with van der Waals surface area (Å²) in [5, 5.41) is -0.836. The van der Waals surface area contributed by atoms with E-state index in [1.165, 1.54) is 4.90 Å². The molecule has 1 aliphatic heterocycles. The van der Waals surface area contributed by atoms with Gasteiger partial charge in [-0.15, -0.1) is 0 Å². The Hall–Kier alpha value is -1.56. The van der Waals surface area contributed by atoms with Crippen LogP contribution < -0.4 is 0 Å². The zero-order valence-electron chi connectivity index (χ0n) is 13.8. The minimum atomic E-state index is -3.60. The molecule has 0 saturated carbocycles. The number of nitrogens with zero attached hydrogens (tertiary/aromatic N) is 1. The smallest absolute Gasteiger partial charge is 0.411 e. The summed E-state index contributed by atoms with van der Waals surface area (Å²) in [4.78, 5) is 13.5. The molecule has 0 aliphatic carbocycles. The summed E-state index contributed by atoms with van der Waals surface area (Å²) in [5.41, 5.74) is 1.00. The molecule has 5 nitrogen and oxygen atoms in total. The third kappa shape index (κ3) is 4.25. The molecule has 128 valence electrons. The first kappa shape index (κ1) is 17.8. The van der Waals surface area contributed by atoms with Crippen molar-refractivity contribution in [3.8, 4) is 0 Å². The van der Waals surface area contributed by atoms with E-state index in [9.17, 15) is 13.2 Å². The number of carbonyl (C=O) groups excluding carboxylic acids is 1. The maximum atomic E-state index is 13.0. The standard InChI is InChI=1S/C17H25NO4S/c1-3-4-5-6-7-16(18-12-13-22-17(18)19)23(20,21)15-10-8-14(2)9-11-15/h8-11,16H,3-7,12-13H2,1-2H3. The number of unbranched alkanes of at least 4 members (excludes halogenated alkanes) is 3. The molecule has 6 heteroatoms. The number of ether oxygens (including phenoxy) is 1. The Balaban J connectivity index is 2.23. The molecule has 0 radical (unpaired) electrons. The van der Waals surface area contributed by atoms with Crippen molar-refractivity contribution in [1.82, 2.24) is 4.90 Å². The van der Waals surface area contributed by atoms with Gasteiger partial charge in [-0.25, -0.2) is 13.2 Å². The molecule has 1 heterocycles. The van der Waals surface area contributed by atoms with E-state index in [-0.39, 0.29) is 11.5 Å². The van der Waals surface area contributed by atoms with Crippen LogP contribution in [0.4, 0.5) is 4.79 Å². The largest absolute Gasteiger partial charge is 0.447 e. The molecule has 1 atom stereocenters. The van der Waals surface area contributed by atoms with E-state index in [1.54, 1.807) is 24.3 Å². The Kier molecular flexibility index (Phi) is 6.04. The highest BCUT2D eigenvalue weighted by atomic mass is 32.2. The molecule has 1 saturated heterocycles. The van der Waals surface area contributed by atoms with Crippen LogP contribution >= 0.6 is 0 Å². The van der Waals surface area contributed by atoms with Crippen LogP contribution in [0.5, 0.6) is 0 Å². The van der Waals surface area contributed by atoms with Gasteiger partial charge < -0.3 is 4.74 Å². The molecular formula is C17H25NO4S. The zero-order valence-corrected chi connectivity index (χ0v) is 14.6. The molecule has 1 aromatic carbocycles. The van der Waals surface area contributed by atoms with E-state index in [0.717, 1.165) is 31.2 Å². The first-order valence-electron chi connectivity index (χ1n) is 8.20. The molecule has 0 aromatic heterocycles. The van der Waals surface area contributed by atoms with E-state index in [2.05, 4.69) is 6.92 Å². The van der Waals surface area contributed by atoms with Crippen molar-refractivity contribution < 1.29 is 17.9 Å². The summed E-state index contributed by atoms with van der Waals surface area (Å²) in [5.74, 6) is 0. The third-order valence-electron chi connectivity index (χ3n) is 4.15. The number of sulfone groups is 1. The summed E-state index contributed by atoms with van der Waals surface area (Å²) in [6.45, 7) is 4.62. The van der Waals surface area contributed by atoms with Crippen LogP contribution in [-0.4, -0.2) is 37.9 Å². The van der Waals surface area contributed by atoms with Gasteiger partial charge in [0.2, 0.25) is 0 Å². The van der Waals surface area contributed by atoms with Crippen molar-refractivity contribution in [2.24, 2.45) is 0 Å². The summed E-state index contributed by atoms with van der Waals surface area (Å²) in [6, 6.07) is 6.79. The van der Waals surface area contributed by atoms with Crippen molar-refractivity contribution in [2.45, 2.75) is 56.2 Å². The molecule has 1 unspecified atom stereocenters. The number of rotatable bonds is 8. The van der Waals surface area contributed by atoms with Gasteiger partial charge in [0.1, 0.15) is 12.0 Å². The lowest BCUT2D eigenvalue weighted by molar-refractivity contribution is 0.154. The molecular weight excluding hydrogens is 314 g/mol. The highest BCUT2D eigenvalue weighted by Crippen LogP contribution is 2.26. The second kappa shape index (κ2) is 7.81. The number of hydrogen-bond acceptors (Lipinski definition) is 4. The van der Waals surface area contributed by atoms with Gasteiger partial charge in [0.25, 0.3) is 0 Å². The van der Waals surface area contributed by atoms with Gasteiger partial charge in [-0.3, -0.25) is 4.90 Å². The van der Waals surface area contributed by atoms with Crippen LogP contribution in [0.25, 0.3) is 0 Å². The van der Waals surface area contributed by atoms with Crippen molar-refractivity contribution in [3.05, 3.63) is 29.8 Å². The number of benzene rings is 1. The topological polar surface area (TPSA) is 63.7 Å². The van der Waals surface area contributed by atoms with E-state index in [0.29, 0.717) is 13.0 Å². The van der Waals surface area contributed by atoms with Gasteiger partial charge >= 0.3 is 6.09 Å². The van der Waals surface area contributed by atoms with Gasteiger partial charge in [-0.1, -0.05) is 50.3 Å². The SMILES string of the molecule is CCCCCCC(N1CCOC1=O)S(=O)(=O)c1ccc(C)cc1. The van der Waals surface area contributed by atoms with E-state index in [4.69, 9.17) is 4.74 Å². The highest BCUT2D eigenvalue weighted by molar-refractivity contribution is 7.92. The average Bonchev–Trinajstić information content (AvgIpc) is 2.93. The van der Waals surface area contributed by atoms with Crippen LogP contribution in [0.15, 0.2) is 29.2 Å². The fourth-order valence-corrected chi connectivity index (χ4v) is 4.61. The van der Waals surface area contributed by atoms with Crippen LogP contribution in [-0.2, 0) is 14.6 Å². The molecule has 1 aliphatic rings. The lowest BCUT2D eigenvalue weighted by Crippen LogP contribution is -2.41. The van der Waals surface area contributed by atoms with Gasteiger partial charge in [-0.05, 0) is 25.5 Å². The summed E-state index contributed by atoms with van der Waals surface area (Å²) in [6.07, 6.45) is 3.84. The summed E-state index contributed by atoms with van der Waals surface area (Å²) < 4.78 is 30.9. The molecule has 23 heavy (non-hydrogen) atoms. The third-order valence-corrected chi connectivity index (χ3v) is 6.29. The number of carbonyl (C=O) groups is 1. The van der Waals surface area contributed by atoms with Crippen LogP contribution in [0.1, 0.15) is 44.6 Å². The number of aryl methyl sites for hydroxylation is 1. The van der Waals surface area contributed by atoms with Gasteiger partial charge in [-0.2, -0.15) is 0 Å². The normalized spacial score (nSPS) is 16.4. The number of hydrogen-bond donors (Lipinski definition) is 0. The Morgan fingerprint density at radius 3 is 2.43 bits per heavy atom. The second-order valence-electron chi connectivity index (χ2n) is 5.97. The molecule has 1 fully saturated rings. The quantitative estimate of drug-likeness (QED) is 0.680. The first-order chi connectivity index (χ1) is 11.0. The molecule has 1 amide bonds. The fourth-order valence-electron chi connectivity index (χ4n) is 2.78. The van der Waals surface area contributed by atoms with Gasteiger partial charge in [0.15, 0.2) is 9.84 Å². The Morgan fingerprint density at radius 2 is 1.87 bits per heavy atom. The summed E-state index contributed by atoms with van der Waals surface area (Å²) in [7, 11) is -3.60. The van der Waals surface area contributed by atoms with Crippen molar-refractivity contribution >= 4 is 15.9 Å². The van der Waals surface area contributed by atoms with Gasteiger partial charge in [0, 0.05) is 0 Å². The molecule has 0 N–H and O–H groups in total. The predicted octanol–water partition coefficient (Wildman–Crippen LogP) is 3.52. The first-order valence-corrected chi connectivity index (χ1v) is 9.75. The van der Waals surface area contributed by atoms with Crippen LogP contribution in [0.3, 0.4) is 0 Å². The fraction of sp³-hybridized carbons (Fsp3) is 0.588. The van der Waals surface area contributed by atoms with Crippen molar-refractivity contribution in [1.29, 1.82) is 0 Å². The summed E-state index contributed by atoms with van der Waals surface area (Å²) >= 11 is 0. The maximum absolute atomic E-state index is 13.0. The van der Waals surface area contributed by atoms with E-state index < -0.39 is 21.3 Å². The molecule has 1 aromatic rings. The van der Waals surface area contributed by atoms with E-state index in [1.807, 2.05) is 6.92 Å². The number of cyclic esters (lactones) is 1. The molecule has 0 spiro atoms. The predicted molar refractivity (Wildman–Crippen MR) is 89.0 cm³/mol.